The van der Waals surface area contributed by atoms with Crippen molar-refractivity contribution in [2.45, 2.75) is 31.8 Å². The zero-order chi connectivity index (χ0) is 18.3. The van der Waals surface area contributed by atoms with E-state index in [0.29, 0.717) is 0 Å². The van der Waals surface area contributed by atoms with E-state index < -0.39 is 35.8 Å². The zero-order valence-corrected chi connectivity index (χ0v) is 13.1. The molecule has 9 nitrogen and oxygen atoms in total. The van der Waals surface area contributed by atoms with E-state index in [1.165, 1.54) is 13.0 Å². The van der Waals surface area contributed by atoms with Gasteiger partial charge in [0.25, 0.3) is 5.91 Å². The van der Waals surface area contributed by atoms with Crippen LogP contribution in [-0.4, -0.2) is 40.9 Å². The number of carbonyl (C=O) groups excluding carboxylic acids is 3. The minimum atomic E-state index is -1.30. The van der Waals surface area contributed by atoms with Gasteiger partial charge < -0.3 is 27.2 Å². The molecule has 3 amide bonds. The number of anilines is 1. The normalized spacial score (nSPS) is 12.7. The molecule has 0 radical (unpaired) electrons. The summed E-state index contributed by atoms with van der Waals surface area (Å²) in [5.41, 5.74) is 11.1. The Balaban J connectivity index is 2.66. The first-order chi connectivity index (χ1) is 11.2. The van der Waals surface area contributed by atoms with Gasteiger partial charge in [-0.3, -0.25) is 14.4 Å². The lowest BCUT2D eigenvalue weighted by molar-refractivity contribution is -0.142. The van der Waals surface area contributed by atoms with E-state index in [4.69, 9.17) is 16.6 Å². The molecular formula is C15H20N4O5. The third kappa shape index (κ3) is 5.59. The number of hydrogen-bond acceptors (Lipinski definition) is 5. The van der Waals surface area contributed by atoms with Crippen LogP contribution in [0.15, 0.2) is 24.3 Å². The molecule has 1 aromatic rings. The van der Waals surface area contributed by atoms with E-state index in [1.807, 2.05) is 0 Å². The second-order valence-electron chi connectivity index (χ2n) is 5.19. The molecule has 7 N–H and O–H groups in total. The summed E-state index contributed by atoms with van der Waals surface area (Å²) in [5.74, 6) is -3.22. The second kappa shape index (κ2) is 8.51. The monoisotopic (exact) mass is 336 g/mol. The maximum atomic E-state index is 12.1. The van der Waals surface area contributed by atoms with E-state index in [0.717, 1.165) is 0 Å². The van der Waals surface area contributed by atoms with Crippen LogP contribution in [0.3, 0.4) is 0 Å². The molecule has 0 aliphatic rings. The smallest absolute Gasteiger partial charge is 0.326 e. The molecule has 9 heteroatoms. The molecule has 0 fully saturated rings. The predicted octanol–water partition coefficient (Wildman–Crippen LogP) is -0.778. The molecule has 24 heavy (non-hydrogen) atoms. The molecule has 1 rings (SSSR count). The first-order valence-corrected chi connectivity index (χ1v) is 7.19. The topological polar surface area (TPSA) is 165 Å². The first kappa shape index (κ1) is 18.9. The van der Waals surface area contributed by atoms with E-state index in [2.05, 4.69) is 10.6 Å². The van der Waals surface area contributed by atoms with Crippen LogP contribution in [0.2, 0.25) is 0 Å². The summed E-state index contributed by atoms with van der Waals surface area (Å²) in [4.78, 5) is 45.9. The van der Waals surface area contributed by atoms with Gasteiger partial charge in [-0.25, -0.2) is 4.79 Å². The van der Waals surface area contributed by atoms with Crippen molar-refractivity contribution in [3.05, 3.63) is 29.8 Å². The predicted molar refractivity (Wildman–Crippen MR) is 85.8 cm³/mol. The number of nitrogens with one attached hydrogen (secondary N) is 2. The van der Waals surface area contributed by atoms with Gasteiger partial charge in [-0.2, -0.15) is 0 Å². The second-order valence-corrected chi connectivity index (χ2v) is 5.19. The van der Waals surface area contributed by atoms with Crippen LogP contribution in [0.4, 0.5) is 5.69 Å². The standard InChI is InChI=1S/C15H20N4O5/c1-8(18-14(22)9-4-2-3-5-10(9)16)13(21)19-11(15(23)24)6-7-12(17)20/h2-5,8,11H,6-7,16H2,1H3,(H2,17,20)(H,18,22)(H,19,21)(H,23,24). The van der Waals surface area contributed by atoms with Crippen molar-refractivity contribution < 1.29 is 24.3 Å². The van der Waals surface area contributed by atoms with Crippen molar-refractivity contribution in [3.63, 3.8) is 0 Å². The molecule has 0 bridgehead atoms. The van der Waals surface area contributed by atoms with Gasteiger partial charge >= 0.3 is 5.97 Å². The molecular weight excluding hydrogens is 316 g/mol. The van der Waals surface area contributed by atoms with Crippen LogP contribution >= 0.6 is 0 Å². The number of carbonyl (C=O) groups is 4. The van der Waals surface area contributed by atoms with Crippen LogP contribution in [0, 0.1) is 0 Å². The molecule has 2 unspecified atom stereocenters. The Morgan fingerprint density at radius 2 is 1.79 bits per heavy atom. The van der Waals surface area contributed by atoms with Crippen molar-refractivity contribution in [1.29, 1.82) is 0 Å². The Kier molecular flexibility index (Phi) is 6.72. The molecule has 0 aromatic heterocycles. The van der Waals surface area contributed by atoms with Crippen LogP contribution < -0.4 is 22.1 Å². The minimum absolute atomic E-state index is 0.136. The average Bonchev–Trinajstić information content (AvgIpc) is 2.50. The number of carboxylic acids is 1. The molecule has 0 saturated carbocycles. The van der Waals surface area contributed by atoms with Crippen LogP contribution in [0.25, 0.3) is 0 Å². The summed E-state index contributed by atoms with van der Waals surface area (Å²) in [6, 6.07) is 4.07. The van der Waals surface area contributed by atoms with Crippen LogP contribution in [0.5, 0.6) is 0 Å². The summed E-state index contributed by atoms with van der Waals surface area (Å²) < 4.78 is 0. The number of nitrogen functional groups attached to an aromatic ring is 1. The van der Waals surface area contributed by atoms with E-state index in [9.17, 15) is 19.2 Å². The number of primary amides is 1. The quantitative estimate of drug-likeness (QED) is 0.391. The lowest BCUT2D eigenvalue weighted by atomic mass is 10.1. The van der Waals surface area contributed by atoms with E-state index >= 15 is 0 Å². The maximum Gasteiger partial charge on any atom is 0.326 e. The summed E-state index contributed by atoms with van der Waals surface area (Å²) in [7, 11) is 0. The van der Waals surface area contributed by atoms with Crippen LogP contribution in [0.1, 0.15) is 30.1 Å². The Morgan fingerprint density at radius 3 is 2.33 bits per heavy atom. The van der Waals surface area contributed by atoms with Gasteiger partial charge in [0.15, 0.2) is 0 Å². The highest BCUT2D eigenvalue weighted by Gasteiger charge is 2.24. The number of rotatable bonds is 8. The van der Waals surface area contributed by atoms with Crippen molar-refractivity contribution in [3.8, 4) is 0 Å². The van der Waals surface area contributed by atoms with E-state index in [-0.39, 0.29) is 24.1 Å². The van der Waals surface area contributed by atoms with Crippen LogP contribution in [-0.2, 0) is 14.4 Å². The lowest BCUT2D eigenvalue weighted by Crippen LogP contribution is -2.50. The molecule has 0 aliphatic carbocycles. The number of amides is 3. The van der Waals surface area contributed by atoms with Gasteiger partial charge in [0.2, 0.25) is 11.8 Å². The van der Waals surface area contributed by atoms with Gasteiger partial charge in [-0.15, -0.1) is 0 Å². The maximum absolute atomic E-state index is 12.1. The van der Waals surface area contributed by atoms with Gasteiger partial charge in [0, 0.05) is 12.1 Å². The number of para-hydroxylation sites is 1. The number of nitrogens with two attached hydrogens (primary N) is 2. The summed E-state index contributed by atoms with van der Waals surface area (Å²) in [6.07, 6.45) is -0.318. The highest BCUT2D eigenvalue weighted by atomic mass is 16.4. The highest BCUT2D eigenvalue weighted by molar-refractivity contribution is 6.01. The zero-order valence-electron chi connectivity index (χ0n) is 13.1. The fourth-order valence-corrected chi connectivity index (χ4v) is 1.88. The Morgan fingerprint density at radius 1 is 1.17 bits per heavy atom. The number of benzene rings is 1. The van der Waals surface area contributed by atoms with Crippen molar-refractivity contribution >= 4 is 29.4 Å². The lowest BCUT2D eigenvalue weighted by Gasteiger charge is -2.18. The number of hydrogen-bond donors (Lipinski definition) is 5. The largest absolute Gasteiger partial charge is 0.480 e. The molecule has 2 atom stereocenters. The minimum Gasteiger partial charge on any atom is -0.480 e. The molecule has 0 spiro atoms. The van der Waals surface area contributed by atoms with Crippen molar-refractivity contribution in [2.24, 2.45) is 5.73 Å². The molecule has 0 saturated heterocycles. The fraction of sp³-hybridized carbons (Fsp3) is 0.333. The van der Waals surface area contributed by atoms with Gasteiger partial charge in [-0.1, -0.05) is 12.1 Å². The molecule has 130 valence electrons. The Bertz CT molecular complexity index is 647. The molecule has 1 aromatic carbocycles. The molecule has 0 heterocycles. The first-order valence-electron chi connectivity index (χ1n) is 7.19. The Labute approximate surface area is 138 Å². The van der Waals surface area contributed by atoms with Gasteiger partial charge in [0.1, 0.15) is 12.1 Å². The van der Waals surface area contributed by atoms with E-state index in [1.54, 1.807) is 18.2 Å². The average molecular weight is 336 g/mol. The highest BCUT2D eigenvalue weighted by Crippen LogP contribution is 2.10. The van der Waals surface area contributed by atoms with Gasteiger partial charge in [-0.05, 0) is 25.5 Å². The number of carboxylic acid groups (broad SMARTS) is 1. The SMILES string of the molecule is CC(NC(=O)c1ccccc1N)C(=O)NC(CCC(N)=O)C(=O)O. The third-order valence-electron chi connectivity index (χ3n) is 3.24. The van der Waals surface area contributed by atoms with Gasteiger partial charge in [0.05, 0.1) is 5.56 Å². The molecule has 0 aliphatic heterocycles. The van der Waals surface area contributed by atoms with Crippen molar-refractivity contribution in [2.75, 3.05) is 5.73 Å². The fourth-order valence-electron chi connectivity index (χ4n) is 1.88. The summed E-state index contributed by atoms with van der Waals surface area (Å²) in [5, 5.41) is 13.7. The Hall–Kier alpha value is -3.10. The summed E-state index contributed by atoms with van der Waals surface area (Å²) >= 11 is 0. The van der Waals surface area contributed by atoms with Crippen molar-refractivity contribution in [1.82, 2.24) is 10.6 Å². The summed E-state index contributed by atoms with van der Waals surface area (Å²) in [6.45, 7) is 1.40. The third-order valence-corrected chi connectivity index (χ3v) is 3.24. The number of aliphatic carboxylic acids is 1.